The van der Waals surface area contributed by atoms with E-state index in [9.17, 15) is 9.59 Å². The van der Waals surface area contributed by atoms with Gasteiger partial charge in [0.15, 0.2) is 0 Å². The molecule has 1 saturated heterocycles. The number of hydrogen-bond acceptors (Lipinski definition) is 7. The number of rotatable bonds is 7. The highest BCUT2D eigenvalue weighted by Gasteiger charge is 2.22. The lowest BCUT2D eigenvalue weighted by Crippen LogP contribution is -2.48. The number of piperazine rings is 1. The van der Waals surface area contributed by atoms with Gasteiger partial charge in [0.05, 0.1) is 11.9 Å². The molecule has 1 aromatic carbocycles. The number of hydroxylamine groups is 2. The van der Waals surface area contributed by atoms with Gasteiger partial charge >= 0.3 is 0 Å². The Hall–Kier alpha value is -3.01. The number of amides is 2. The molecule has 154 valence electrons. The van der Waals surface area contributed by atoms with Crippen molar-refractivity contribution < 1.29 is 19.8 Å². The van der Waals surface area contributed by atoms with E-state index in [4.69, 9.17) is 5.26 Å². The van der Waals surface area contributed by atoms with Crippen molar-refractivity contribution in [3.63, 3.8) is 0 Å². The SMILES string of the molecule is CCN(C=O)c1cnc(Nc2cccc(C(=O)N3CCN(OO)CC3)c2)cc1C. The number of aryl methyl sites for hydroxylation is 1. The Morgan fingerprint density at radius 3 is 2.69 bits per heavy atom. The highest BCUT2D eigenvalue weighted by Crippen LogP contribution is 2.23. The number of nitrogens with zero attached hydrogens (tertiary/aromatic N) is 4. The van der Waals surface area contributed by atoms with E-state index in [-0.39, 0.29) is 5.91 Å². The van der Waals surface area contributed by atoms with Crippen LogP contribution in [0.2, 0.25) is 0 Å². The molecule has 1 aromatic heterocycles. The molecular weight excluding hydrogens is 374 g/mol. The van der Waals surface area contributed by atoms with E-state index in [1.807, 2.05) is 32.0 Å². The summed E-state index contributed by atoms with van der Waals surface area (Å²) in [5, 5.41) is 13.3. The number of pyridine rings is 1. The van der Waals surface area contributed by atoms with Gasteiger partial charge in [0.25, 0.3) is 5.91 Å². The second-order valence-electron chi connectivity index (χ2n) is 6.76. The fourth-order valence-corrected chi connectivity index (χ4v) is 3.25. The van der Waals surface area contributed by atoms with Crippen molar-refractivity contribution in [1.82, 2.24) is 14.9 Å². The Kier molecular flexibility index (Phi) is 6.76. The minimum Gasteiger partial charge on any atom is -0.340 e. The summed E-state index contributed by atoms with van der Waals surface area (Å²) in [6.45, 7) is 6.25. The molecule has 2 heterocycles. The van der Waals surface area contributed by atoms with Gasteiger partial charge in [-0.2, -0.15) is 5.06 Å². The van der Waals surface area contributed by atoms with Gasteiger partial charge in [-0.05, 0) is 43.7 Å². The standard InChI is InChI=1S/C20H25N5O4/c1-3-23(14-26)18-13-21-19(11-15(18)2)22-17-6-4-5-16(12-17)20(27)24-7-9-25(29-28)10-8-24/h4-6,11-14,28H,3,7-10H2,1-2H3,(H,21,22). The van der Waals surface area contributed by atoms with Gasteiger partial charge in [-0.1, -0.05) is 6.07 Å². The lowest BCUT2D eigenvalue weighted by Gasteiger charge is -2.32. The lowest BCUT2D eigenvalue weighted by atomic mass is 10.1. The summed E-state index contributed by atoms with van der Waals surface area (Å²) in [5.41, 5.74) is 3.01. The van der Waals surface area contributed by atoms with E-state index in [1.165, 1.54) is 5.06 Å². The number of benzene rings is 1. The van der Waals surface area contributed by atoms with E-state index < -0.39 is 0 Å². The van der Waals surface area contributed by atoms with Crippen molar-refractivity contribution in [2.75, 3.05) is 42.9 Å². The minimum absolute atomic E-state index is 0.0738. The monoisotopic (exact) mass is 399 g/mol. The number of nitrogens with one attached hydrogen (secondary N) is 1. The van der Waals surface area contributed by atoms with Crippen molar-refractivity contribution in [2.24, 2.45) is 0 Å². The first-order valence-electron chi connectivity index (χ1n) is 9.47. The molecule has 1 fully saturated rings. The summed E-state index contributed by atoms with van der Waals surface area (Å²) in [5.74, 6) is 0.557. The van der Waals surface area contributed by atoms with Crippen LogP contribution in [0.15, 0.2) is 36.5 Å². The smallest absolute Gasteiger partial charge is 0.254 e. The van der Waals surface area contributed by atoms with Crippen LogP contribution in [-0.2, 0) is 9.78 Å². The molecule has 1 aliphatic heterocycles. The average molecular weight is 399 g/mol. The van der Waals surface area contributed by atoms with Crippen molar-refractivity contribution in [3.8, 4) is 0 Å². The first-order chi connectivity index (χ1) is 14.0. The van der Waals surface area contributed by atoms with Gasteiger partial charge in [-0.25, -0.2) is 10.2 Å². The van der Waals surface area contributed by atoms with Gasteiger partial charge in [-0.3, -0.25) is 9.59 Å². The molecule has 0 bridgehead atoms. The van der Waals surface area contributed by atoms with Crippen LogP contribution in [0.5, 0.6) is 0 Å². The van der Waals surface area contributed by atoms with Crippen LogP contribution in [0.4, 0.5) is 17.2 Å². The summed E-state index contributed by atoms with van der Waals surface area (Å²) in [6, 6.07) is 9.10. The molecule has 9 heteroatoms. The van der Waals surface area contributed by atoms with Crippen molar-refractivity contribution in [1.29, 1.82) is 0 Å². The molecule has 0 aliphatic carbocycles. The minimum atomic E-state index is -0.0738. The summed E-state index contributed by atoms with van der Waals surface area (Å²) in [7, 11) is 0. The van der Waals surface area contributed by atoms with Crippen LogP contribution in [0.3, 0.4) is 0 Å². The first-order valence-corrected chi connectivity index (χ1v) is 9.47. The summed E-state index contributed by atoms with van der Waals surface area (Å²) < 4.78 is 0. The summed E-state index contributed by atoms with van der Waals surface area (Å²) >= 11 is 0. The molecule has 1 aliphatic rings. The molecule has 2 aromatic rings. The van der Waals surface area contributed by atoms with Crippen molar-refractivity contribution in [3.05, 3.63) is 47.7 Å². The van der Waals surface area contributed by atoms with Gasteiger partial charge < -0.3 is 15.1 Å². The number of hydrogen-bond donors (Lipinski definition) is 2. The van der Waals surface area contributed by atoms with Crippen LogP contribution in [-0.4, -0.2) is 65.2 Å². The van der Waals surface area contributed by atoms with Crippen LogP contribution in [0, 0.1) is 6.92 Å². The Bertz CT molecular complexity index is 868. The number of carbonyl (C=O) groups is 2. The van der Waals surface area contributed by atoms with E-state index in [1.54, 1.807) is 28.1 Å². The van der Waals surface area contributed by atoms with E-state index in [2.05, 4.69) is 15.3 Å². The van der Waals surface area contributed by atoms with Gasteiger partial charge in [-0.15, -0.1) is 4.99 Å². The number of carbonyl (C=O) groups excluding carboxylic acids is 2. The fraction of sp³-hybridized carbons (Fsp3) is 0.350. The third kappa shape index (κ3) is 4.89. The van der Waals surface area contributed by atoms with Gasteiger partial charge in [0.1, 0.15) is 5.82 Å². The van der Waals surface area contributed by atoms with Crippen LogP contribution < -0.4 is 10.2 Å². The Labute approximate surface area is 169 Å². The fourth-order valence-electron chi connectivity index (χ4n) is 3.25. The molecule has 0 saturated carbocycles. The predicted molar refractivity (Wildman–Crippen MR) is 109 cm³/mol. The molecular formula is C20H25N5O4. The Balaban J connectivity index is 1.71. The predicted octanol–water partition coefficient (Wildman–Crippen LogP) is 2.28. The molecule has 9 nitrogen and oxygen atoms in total. The number of anilines is 3. The van der Waals surface area contributed by atoms with Crippen LogP contribution in [0.1, 0.15) is 22.8 Å². The maximum absolute atomic E-state index is 12.8. The molecule has 0 unspecified atom stereocenters. The Morgan fingerprint density at radius 2 is 2.07 bits per heavy atom. The molecule has 29 heavy (non-hydrogen) atoms. The van der Waals surface area contributed by atoms with Crippen molar-refractivity contribution in [2.45, 2.75) is 13.8 Å². The molecule has 0 radical (unpaired) electrons. The van der Waals surface area contributed by atoms with Gasteiger partial charge in [0, 0.05) is 44.0 Å². The third-order valence-electron chi connectivity index (χ3n) is 4.88. The largest absolute Gasteiger partial charge is 0.340 e. The molecule has 0 atom stereocenters. The van der Waals surface area contributed by atoms with Gasteiger partial charge in [0.2, 0.25) is 6.41 Å². The molecule has 2 N–H and O–H groups in total. The second kappa shape index (κ2) is 9.46. The van der Waals surface area contributed by atoms with E-state index >= 15 is 0 Å². The van der Waals surface area contributed by atoms with Crippen LogP contribution in [0.25, 0.3) is 0 Å². The van der Waals surface area contributed by atoms with Crippen LogP contribution >= 0.6 is 0 Å². The topological polar surface area (TPSA) is 98.2 Å². The third-order valence-corrected chi connectivity index (χ3v) is 4.88. The Morgan fingerprint density at radius 1 is 1.31 bits per heavy atom. The van der Waals surface area contributed by atoms with E-state index in [0.717, 1.165) is 23.3 Å². The average Bonchev–Trinajstić information content (AvgIpc) is 2.75. The zero-order valence-electron chi connectivity index (χ0n) is 16.5. The zero-order valence-corrected chi connectivity index (χ0v) is 16.5. The lowest BCUT2D eigenvalue weighted by molar-refractivity contribution is -0.400. The highest BCUT2D eigenvalue weighted by atomic mass is 17.2. The zero-order chi connectivity index (χ0) is 20.8. The molecule has 3 rings (SSSR count). The maximum atomic E-state index is 12.8. The quantitative estimate of drug-likeness (QED) is 0.419. The maximum Gasteiger partial charge on any atom is 0.254 e. The summed E-state index contributed by atoms with van der Waals surface area (Å²) in [4.78, 5) is 35.8. The highest BCUT2D eigenvalue weighted by molar-refractivity contribution is 5.95. The second-order valence-corrected chi connectivity index (χ2v) is 6.76. The number of aromatic nitrogens is 1. The first kappa shape index (κ1) is 20.7. The van der Waals surface area contributed by atoms with E-state index in [0.29, 0.717) is 44.1 Å². The molecule has 2 amide bonds. The molecule has 0 spiro atoms. The summed E-state index contributed by atoms with van der Waals surface area (Å²) in [6.07, 6.45) is 2.45. The van der Waals surface area contributed by atoms with Crippen molar-refractivity contribution >= 4 is 29.5 Å². The normalized spacial score (nSPS) is 14.5.